The summed E-state index contributed by atoms with van der Waals surface area (Å²) in [5.41, 5.74) is 3.55. The van der Waals surface area contributed by atoms with Gasteiger partial charge in [0.25, 0.3) is 5.91 Å². The lowest BCUT2D eigenvalue weighted by molar-refractivity contribution is 0.0950. The monoisotopic (exact) mass is 369 g/mol. The van der Waals surface area contributed by atoms with Gasteiger partial charge in [-0.2, -0.15) is 0 Å². The lowest BCUT2D eigenvalue weighted by atomic mass is 10.1. The Bertz CT molecular complexity index is 1040. The van der Waals surface area contributed by atoms with Crippen molar-refractivity contribution in [3.05, 3.63) is 102 Å². The zero-order valence-electron chi connectivity index (χ0n) is 15.2. The third-order valence-electron chi connectivity index (χ3n) is 4.42. The number of amides is 1. The van der Waals surface area contributed by atoms with E-state index in [4.69, 9.17) is 0 Å². The summed E-state index contributed by atoms with van der Waals surface area (Å²) in [5, 5.41) is 2.95. The van der Waals surface area contributed by atoms with Gasteiger partial charge in [-0.15, -0.1) is 0 Å². The first-order valence-electron chi connectivity index (χ1n) is 8.98. The normalized spacial score (nSPS) is 10.6. The van der Waals surface area contributed by atoms with Crippen molar-refractivity contribution in [1.29, 1.82) is 0 Å². The molecule has 0 saturated carbocycles. The highest BCUT2D eigenvalue weighted by Gasteiger charge is 2.09. The summed E-state index contributed by atoms with van der Waals surface area (Å²) >= 11 is 0. The summed E-state index contributed by atoms with van der Waals surface area (Å²) in [7, 11) is 0. The van der Waals surface area contributed by atoms with Crippen molar-refractivity contribution in [1.82, 2.24) is 24.8 Å². The molecule has 4 aromatic rings. The molecule has 0 spiro atoms. The molecule has 4 rings (SSSR count). The van der Waals surface area contributed by atoms with E-state index in [1.54, 1.807) is 24.9 Å². The first kappa shape index (κ1) is 17.6. The number of hydrogen-bond donors (Lipinski definition) is 1. The molecule has 2 aromatic carbocycles. The van der Waals surface area contributed by atoms with Crippen molar-refractivity contribution in [3.8, 4) is 11.4 Å². The lowest BCUT2D eigenvalue weighted by Crippen LogP contribution is -2.24. The molecule has 28 heavy (non-hydrogen) atoms. The highest BCUT2D eigenvalue weighted by atomic mass is 16.1. The first-order valence-corrected chi connectivity index (χ1v) is 8.98. The average molecular weight is 369 g/mol. The third-order valence-corrected chi connectivity index (χ3v) is 4.42. The van der Waals surface area contributed by atoms with Crippen molar-refractivity contribution < 1.29 is 4.79 Å². The third kappa shape index (κ3) is 4.12. The minimum Gasteiger partial charge on any atom is -0.348 e. The standard InChI is InChI=1S/C22H19N5O/c28-22(20-13-24-21(25-14-20)17-6-2-1-3-7-17)26-12-18-8-4-5-9-19(18)15-27-11-10-23-16-27/h1-11,13-14,16H,12,15H2,(H,26,28). The number of nitrogens with one attached hydrogen (secondary N) is 1. The molecule has 138 valence electrons. The maximum Gasteiger partial charge on any atom is 0.254 e. The molecule has 0 saturated heterocycles. The average Bonchev–Trinajstić information content (AvgIpc) is 3.27. The van der Waals surface area contributed by atoms with Crippen LogP contribution in [0.15, 0.2) is 85.7 Å². The summed E-state index contributed by atoms with van der Waals surface area (Å²) in [6, 6.07) is 17.7. The van der Waals surface area contributed by atoms with E-state index in [1.165, 1.54) is 0 Å². The smallest absolute Gasteiger partial charge is 0.254 e. The number of nitrogens with zero attached hydrogens (tertiary/aromatic N) is 4. The molecule has 0 aliphatic heterocycles. The van der Waals surface area contributed by atoms with Gasteiger partial charge in [0, 0.05) is 43.4 Å². The molecule has 1 amide bonds. The van der Waals surface area contributed by atoms with Gasteiger partial charge in [-0.25, -0.2) is 15.0 Å². The maximum atomic E-state index is 12.5. The molecule has 6 nitrogen and oxygen atoms in total. The van der Waals surface area contributed by atoms with E-state index >= 15 is 0 Å². The van der Waals surface area contributed by atoms with Crippen molar-refractivity contribution >= 4 is 5.91 Å². The molecule has 2 aromatic heterocycles. The second-order valence-corrected chi connectivity index (χ2v) is 6.35. The molecule has 0 atom stereocenters. The minimum absolute atomic E-state index is 0.197. The van der Waals surface area contributed by atoms with Crippen molar-refractivity contribution in [3.63, 3.8) is 0 Å². The number of rotatable bonds is 6. The van der Waals surface area contributed by atoms with Gasteiger partial charge in [0.1, 0.15) is 0 Å². The van der Waals surface area contributed by atoms with Gasteiger partial charge in [0.05, 0.1) is 11.9 Å². The van der Waals surface area contributed by atoms with Crippen molar-refractivity contribution in [2.45, 2.75) is 13.1 Å². The van der Waals surface area contributed by atoms with E-state index in [-0.39, 0.29) is 5.91 Å². The predicted molar refractivity (Wildman–Crippen MR) is 106 cm³/mol. The van der Waals surface area contributed by atoms with Crippen LogP contribution in [0, 0.1) is 0 Å². The van der Waals surface area contributed by atoms with Crippen LogP contribution >= 0.6 is 0 Å². The lowest BCUT2D eigenvalue weighted by Gasteiger charge is -2.11. The number of aromatic nitrogens is 4. The molecule has 0 bridgehead atoms. The van der Waals surface area contributed by atoms with E-state index in [1.807, 2.05) is 59.3 Å². The highest BCUT2D eigenvalue weighted by molar-refractivity contribution is 5.93. The number of hydrogen-bond acceptors (Lipinski definition) is 4. The van der Waals surface area contributed by atoms with E-state index in [0.717, 1.165) is 16.7 Å². The van der Waals surface area contributed by atoms with Gasteiger partial charge in [-0.05, 0) is 11.1 Å². The Hall–Kier alpha value is -3.80. The molecule has 1 N–H and O–H groups in total. The summed E-state index contributed by atoms with van der Waals surface area (Å²) < 4.78 is 2.00. The second-order valence-electron chi connectivity index (χ2n) is 6.35. The van der Waals surface area contributed by atoms with Crippen LogP contribution in [0.4, 0.5) is 0 Å². The first-order chi connectivity index (χ1) is 13.8. The van der Waals surface area contributed by atoms with Crippen LogP contribution in [0.1, 0.15) is 21.5 Å². The number of imidazole rings is 1. The summed E-state index contributed by atoms with van der Waals surface area (Å²) in [6.07, 6.45) is 8.57. The molecule has 0 aliphatic carbocycles. The van der Waals surface area contributed by atoms with Gasteiger partial charge in [0.2, 0.25) is 0 Å². The van der Waals surface area contributed by atoms with E-state index in [2.05, 4.69) is 26.3 Å². The Morgan fingerprint density at radius 2 is 1.64 bits per heavy atom. The van der Waals surface area contributed by atoms with Gasteiger partial charge in [0.15, 0.2) is 5.82 Å². The van der Waals surface area contributed by atoms with Crippen LogP contribution < -0.4 is 5.32 Å². The van der Waals surface area contributed by atoms with Crippen LogP contribution in [-0.4, -0.2) is 25.4 Å². The van der Waals surface area contributed by atoms with E-state index in [0.29, 0.717) is 24.5 Å². The molecular weight excluding hydrogens is 350 g/mol. The topological polar surface area (TPSA) is 72.7 Å². The largest absolute Gasteiger partial charge is 0.348 e. The number of benzene rings is 2. The molecule has 6 heteroatoms. The highest BCUT2D eigenvalue weighted by Crippen LogP contribution is 2.14. The van der Waals surface area contributed by atoms with Crippen LogP contribution in [-0.2, 0) is 13.1 Å². The summed E-state index contributed by atoms with van der Waals surface area (Å²) in [6.45, 7) is 1.14. The predicted octanol–water partition coefficient (Wildman–Crippen LogP) is 3.32. The fraction of sp³-hybridized carbons (Fsp3) is 0.0909. The van der Waals surface area contributed by atoms with Crippen molar-refractivity contribution in [2.75, 3.05) is 0 Å². The van der Waals surface area contributed by atoms with E-state index < -0.39 is 0 Å². The van der Waals surface area contributed by atoms with Crippen LogP contribution in [0.2, 0.25) is 0 Å². The van der Waals surface area contributed by atoms with Crippen molar-refractivity contribution in [2.24, 2.45) is 0 Å². The zero-order chi connectivity index (χ0) is 19.2. The van der Waals surface area contributed by atoms with Crippen LogP contribution in [0.25, 0.3) is 11.4 Å². The summed E-state index contributed by atoms with van der Waals surface area (Å²) in [4.78, 5) is 25.2. The Kier molecular flexibility index (Phi) is 5.20. The summed E-state index contributed by atoms with van der Waals surface area (Å²) in [5.74, 6) is 0.403. The molecular formula is C22H19N5O. The van der Waals surface area contributed by atoms with Crippen LogP contribution in [0.5, 0.6) is 0 Å². The molecule has 0 unspecified atom stereocenters. The van der Waals surface area contributed by atoms with Gasteiger partial charge < -0.3 is 9.88 Å². The molecule has 0 aliphatic rings. The quantitative estimate of drug-likeness (QED) is 0.566. The molecule has 2 heterocycles. The molecule has 0 fully saturated rings. The van der Waals surface area contributed by atoms with Crippen LogP contribution in [0.3, 0.4) is 0 Å². The fourth-order valence-corrected chi connectivity index (χ4v) is 2.92. The second kappa shape index (κ2) is 8.26. The number of carbonyl (C=O) groups excluding carboxylic acids is 1. The Labute approximate surface area is 162 Å². The SMILES string of the molecule is O=C(NCc1ccccc1Cn1ccnc1)c1cnc(-c2ccccc2)nc1. The minimum atomic E-state index is -0.197. The van der Waals surface area contributed by atoms with Gasteiger partial charge >= 0.3 is 0 Å². The molecule has 0 radical (unpaired) electrons. The fourth-order valence-electron chi connectivity index (χ4n) is 2.92. The maximum absolute atomic E-state index is 12.5. The van der Waals surface area contributed by atoms with E-state index in [9.17, 15) is 4.79 Å². The number of carbonyl (C=O) groups is 1. The van der Waals surface area contributed by atoms with Gasteiger partial charge in [-0.1, -0.05) is 54.6 Å². The Balaban J connectivity index is 1.42. The zero-order valence-corrected chi connectivity index (χ0v) is 15.2. The van der Waals surface area contributed by atoms with Gasteiger partial charge in [-0.3, -0.25) is 4.79 Å². The Morgan fingerprint density at radius 3 is 2.36 bits per heavy atom. The Morgan fingerprint density at radius 1 is 0.929 bits per heavy atom.